The fourth-order valence-electron chi connectivity index (χ4n) is 3.14. The molecule has 0 aliphatic carbocycles. The third kappa shape index (κ3) is 4.78. The third-order valence-corrected chi connectivity index (χ3v) is 4.55. The van der Waals surface area contributed by atoms with Crippen molar-refractivity contribution in [1.29, 1.82) is 0 Å². The number of ether oxygens (including phenoxy) is 1. The zero-order valence-electron chi connectivity index (χ0n) is 15.7. The average Bonchev–Trinajstić information content (AvgIpc) is 3.15. The second-order valence-corrected chi connectivity index (χ2v) is 6.59. The predicted molar refractivity (Wildman–Crippen MR) is 106 cm³/mol. The van der Waals surface area contributed by atoms with Gasteiger partial charge in [-0.3, -0.25) is 4.79 Å². The lowest BCUT2D eigenvalue weighted by atomic mass is 10.2. The summed E-state index contributed by atoms with van der Waals surface area (Å²) in [7, 11) is 0. The summed E-state index contributed by atoms with van der Waals surface area (Å²) in [5, 5.41) is 5.76. The number of benzene rings is 2. The zero-order valence-corrected chi connectivity index (χ0v) is 15.7. The molecule has 6 heteroatoms. The molecular weight excluding hydrogens is 342 g/mol. The average molecular weight is 367 g/mol. The molecule has 3 rings (SSSR count). The van der Waals surface area contributed by atoms with Gasteiger partial charge in [0.2, 0.25) is 5.91 Å². The summed E-state index contributed by atoms with van der Waals surface area (Å²) in [6.07, 6.45) is 1.47. The van der Waals surface area contributed by atoms with Crippen LogP contribution in [0.25, 0.3) is 0 Å². The Morgan fingerprint density at radius 1 is 1.04 bits per heavy atom. The summed E-state index contributed by atoms with van der Waals surface area (Å²) < 4.78 is 5.40. The molecule has 2 aromatic rings. The number of hydrogen-bond acceptors (Lipinski definition) is 3. The predicted octanol–water partition coefficient (Wildman–Crippen LogP) is 4.03. The first-order valence-electron chi connectivity index (χ1n) is 9.25. The first kappa shape index (κ1) is 18.8. The summed E-state index contributed by atoms with van der Waals surface area (Å²) in [5.41, 5.74) is 2.54. The van der Waals surface area contributed by atoms with Crippen LogP contribution in [0.4, 0.5) is 16.2 Å². The molecule has 1 fully saturated rings. The number of aryl methyl sites for hydroxylation is 1. The van der Waals surface area contributed by atoms with Gasteiger partial charge in [-0.25, -0.2) is 4.79 Å². The molecule has 2 aromatic carbocycles. The van der Waals surface area contributed by atoms with Crippen LogP contribution >= 0.6 is 0 Å². The molecule has 0 bridgehead atoms. The second kappa shape index (κ2) is 8.58. The Bertz CT molecular complexity index is 787. The number of rotatable bonds is 5. The standard InChI is InChI=1S/C21H25N3O3/c1-3-27-18-12-10-16(11-13-18)22-20(25)19-5-4-14-24(19)21(26)23-17-8-6-15(2)7-9-17/h6-13,19H,3-5,14H2,1-2H3,(H,22,25)(H,23,26)/t19-/m0/s1. The second-order valence-electron chi connectivity index (χ2n) is 6.59. The number of anilines is 2. The maximum Gasteiger partial charge on any atom is 0.322 e. The van der Waals surface area contributed by atoms with Crippen molar-refractivity contribution >= 4 is 23.3 Å². The van der Waals surface area contributed by atoms with Crippen LogP contribution in [-0.4, -0.2) is 36.0 Å². The quantitative estimate of drug-likeness (QED) is 0.838. The van der Waals surface area contributed by atoms with E-state index >= 15 is 0 Å². The summed E-state index contributed by atoms with van der Waals surface area (Å²) in [6, 6.07) is 14.1. The van der Waals surface area contributed by atoms with Crippen LogP contribution in [0.1, 0.15) is 25.3 Å². The maximum absolute atomic E-state index is 12.7. The van der Waals surface area contributed by atoms with Crippen LogP contribution in [0.2, 0.25) is 0 Å². The number of amides is 3. The van der Waals surface area contributed by atoms with Gasteiger partial charge in [-0.15, -0.1) is 0 Å². The molecule has 3 amide bonds. The first-order chi connectivity index (χ1) is 13.1. The van der Waals surface area contributed by atoms with E-state index in [4.69, 9.17) is 4.74 Å². The smallest absolute Gasteiger partial charge is 0.322 e. The Kier molecular flexibility index (Phi) is 5.96. The number of nitrogens with one attached hydrogen (secondary N) is 2. The van der Waals surface area contributed by atoms with Crippen LogP contribution < -0.4 is 15.4 Å². The number of urea groups is 1. The van der Waals surface area contributed by atoms with E-state index in [9.17, 15) is 9.59 Å². The van der Waals surface area contributed by atoms with Gasteiger partial charge < -0.3 is 20.3 Å². The van der Waals surface area contributed by atoms with Crippen molar-refractivity contribution in [2.75, 3.05) is 23.8 Å². The number of hydrogen-bond donors (Lipinski definition) is 2. The summed E-state index contributed by atoms with van der Waals surface area (Å²) >= 11 is 0. The highest BCUT2D eigenvalue weighted by molar-refractivity contribution is 5.99. The number of carbonyl (C=O) groups excluding carboxylic acids is 2. The summed E-state index contributed by atoms with van der Waals surface area (Å²) in [6.45, 7) is 5.08. The molecule has 0 radical (unpaired) electrons. The van der Waals surface area contributed by atoms with Crippen molar-refractivity contribution in [1.82, 2.24) is 4.90 Å². The highest BCUT2D eigenvalue weighted by Gasteiger charge is 2.34. The van der Waals surface area contributed by atoms with Crippen molar-refractivity contribution in [2.24, 2.45) is 0 Å². The van der Waals surface area contributed by atoms with E-state index in [1.54, 1.807) is 17.0 Å². The molecule has 1 saturated heterocycles. The van der Waals surface area contributed by atoms with E-state index in [2.05, 4.69) is 10.6 Å². The van der Waals surface area contributed by atoms with Crippen molar-refractivity contribution in [3.8, 4) is 5.75 Å². The lowest BCUT2D eigenvalue weighted by Crippen LogP contribution is -2.45. The lowest BCUT2D eigenvalue weighted by molar-refractivity contribution is -0.119. The van der Waals surface area contributed by atoms with Gasteiger partial charge in [0.25, 0.3) is 0 Å². The molecule has 1 aliphatic rings. The normalized spacial score (nSPS) is 16.1. The molecule has 2 N–H and O–H groups in total. The van der Waals surface area contributed by atoms with Crippen molar-refractivity contribution in [3.05, 3.63) is 54.1 Å². The van der Waals surface area contributed by atoms with Gasteiger partial charge >= 0.3 is 6.03 Å². The van der Waals surface area contributed by atoms with Crippen LogP contribution in [0, 0.1) is 6.92 Å². The minimum Gasteiger partial charge on any atom is -0.494 e. The van der Waals surface area contributed by atoms with E-state index in [1.807, 2.05) is 50.2 Å². The van der Waals surface area contributed by atoms with Gasteiger partial charge in [-0.1, -0.05) is 17.7 Å². The van der Waals surface area contributed by atoms with Gasteiger partial charge in [0, 0.05) is 17.9 Å². The molecular formula is C21H25N3O3. The molecule has 1 heterocycles. The molecule has 1 atom stereocenters. The van der Waals surface area contributed by atoms with E-state index in [0.717, 1.165) is 23.4 Å². The van der Waals surface area contributed by atoms with Crippen LogP contribution in [-0.2, 0) is 4.79 Å². The Morgan fingerprint density at radius 3 is 2.33 bits per heavy atom. The molecule has 142 valence electrons. The van der Waals surface area contributed by atoms with Gasteiger partial charge in [0.15, 0.2) is 0 Å². The fraction of sp³-hybridized carbons (Fsp3) is 0.333. The van der Waals surface area contributed by atoms with E-state index < -0.39 is 6.04 Å². The fourth-order valence-corrected chi connectivity index (χ4v) is 3.14. The number of nitrogens with zero attached hydrogens (tertiary/aromatic N) is 1. The highest BCUT2D eigenvalue weighted by Crippen LogP contribution is 2.22. The Labute approximate surface area is 159 Å². The molecule has 1 aliphatic heterocycles. The molecule has 0 unspecified atom stereocenters. The minimum atomic E-state index is -0.470. The Morgan fingerprint density at radius 2 is 1.67 bits per heavy atom. The monoisotopic (exact) mass is 367 g/mol. The lowest BCUT2D eigenvalue weighted by Gasteiger charge is -2.24. The van der Waals surface area contributed by atoms with Gasteiger partial charge in [-0.05, 0) is 63.1 Å². The van der Waals surface area contributed by atoms with Crippen LogP contribution in [0.5, 0.6) is 5.75 Å². The SMILES string of the molecule is CCOc1ccc(NC(=O)[C@@H]2CCCN2C(=O)Nc2ccc(C)cc2)cc1. The van der Waals surface area contributed by atoms with Crippen LogP contribution in [0.3, 0.4) is 0 Å². The van der Waals surface area contributed by atoms with E-state index in [-0.39, 0.29) is 11.9 Å². The zero-order chi connectivity index (χ0) is 19.2. The van der Waals surface area contributed by atoms with Gasteiger partial charge in [0.1, 0.15) is 11.8 Å². The molecule has 0 saturated carbocycles. The van der Waals surface area contributed by atoms with E-state index in [1.165, 1.54) is 0 Å². The molecule has 0 aromatic heterocycles. The summed E-state index contributed by atoms with van der Waals surface area (Å²) in [4.78, 5) is 26.9. The van der Waals surface area contributed by atoms with Gasteiger partial charge in [-0.2, -0.15) is 0 Å². The van der Waals surface area contributed by atoms with Crippen molar-refractivity contribution in [3.63, 3.8) is 0 Å². The summed E-state index contributed by atoms with van der Waals surface area (Å²) in [5.74, 6) is 0.589. The van der Waals surface area contributed by atoms with Crippen LogP contribution in [0.15, 0.2) is 48.5 Å². The Balaban J connectivity index is 1.61. The molecule has 27 heavy (non-hydrogen) atoms. The Hall–Kier alpha value is -3.02. The molecule has 0 spiro atoms. The minimum absolute atomic E-state index is 0.171. The maximum atomic E-state index is 12.7. The first-order valence-corrected chi connectivity index (χ1v) is 9.25. The van der Waals surface area contributed by atoms with Crippen molar-refractivity contribution in [2.45, 2.75) is 32.7 Å². The molecule has 6 nitrogen and oxygen atoms in total. The third-order valence-electron chi connectivity index (χ3n) is 4.55. The van der Waals surface area contributed by atoms with Crippen molar-refractivity contribution < 1.29 is 14.3 Å². The number of likely N-dealkylation sites (tertiary alicyclic amines) is 1. The van der Waals surface area contributed by atoms with Gasteiger partial charge in [0.05, 0.1) is 6.61 Å². The largest absolute Gasteiger partial charge is 0.494 e. The highest BCUT2D eigenvalue weighted by atomic mass is 16.5. The number of carbonyl (C=O) groups is 2. The van der Waals surface area contributed by atoms with E-state index in [0.29, 0.717) is 25.3 Å². The topological polar surface area (TPSA) is 70.7 Å².